The zero-order valence-corrected chi connectivity index (χ0v) is 9.16. The van der Waals surface area contributed by atoms with E-state index < -0.39 is 0 Å². The second-order valence-corrected chi connectivity index (χ2v) is 3.96. The first-order chi connectivity index (χ1) is 7.66. The summed E-state index contributed by atoms with van der Waals surface area (Å²) in [5.41, 5.74) is 5.56. The van der Waals surface area contributed by atoms with Gasteiger partial charge in [0.05, 0.1) is 0 Å². The van der Waals surface area contributed by atoms with Crippen LogP contribution >= 0.6 is 0 Å². The van der Waals surface area contributed by atoms with Crippen LogP contribution in [0.25, 0.3) is 10.8 Å². The molecule has 1 atom stereocenters. The average molecular weight is 217 g/mol. The van der Waals surface area contributed by atoms with Gasteiger partial charge in [-0.15, -0.1) is 0 Å². The minimum atomic E-state index is -0.0784. The maximum absolute atomic E-state index is 11.7. The molecule has 0 saturated carbocycles. The van der Waals surface area contributed by atoms with Crippen molar-refractivity contribution in [2.24, 2.45) is 5.73 Å². The Morgan fingerprint density at radius 2 is 2.19 bits per heavy atom. The average Bonchev–Trinajstić information content (AvgIpc) is 2.26. The number of H-pyrrole nitrogens is 1. The van der Waals surface area contributed by atoms with E-state index in [4.69, 9.17) is 5.73 Å². The second-order valence-electron chi connectivity index (χ2n) is 3.96. The van der Waals surface area contributed by atoms with Crippen molar-refractivity contribution in [3.8, 4) is 0 Å². The van der Waals surface area contributed by atoms with E-state index in [1.165, 1.54) is 0 Å². The third kappa shape index (κ3) is 2.23. The molecule has 2 aromatic rings. The maximum Gasteiger partial charge on any atom is 0.257 e. The summed E-state index contributed by atoms with van der Waals surface area (Å²) in [6, 6.07) is 9.46. The summed E-state index contributed by atoms with van der Waals surface area (Å²) in [4.78, 5) is 14.5. The predicted octanol–water partition coefficient (Wildman–Crippen LogP) is 1.29. The third-order valence-electron chi connectivity index (χ3n) is 2.37. The second kappa shape index (κ2) is 4.37. The van der Waals surface area contributed by atoms with Crippen molar-refractivity contribution >= 4 is 16.6 Å². The van der Waals surface area contributed by atoms with E-state index in [0.717, 1.165) is 5.39 Å². The van der Waals surface area contributed by atoms with Crippen LogP contribution in [0.2, 0.25) is 0 Å². The van der Waals surface area contributed by atoms with Gasteiger partial charge >= 0.3 is 0 Å². The van der Waals surface area contributed by atoms with Crippen molar-refractivity contribution in [3.63, 3.8) is 0 Å². The lowest BCUT2D eigenvalue weighted by Gasteiger charge is -2.09. The summed E-state index contributed by atoms with van der Waals surface area (Å²) in [6.45, 7) is 2.54. The molecule has 1 aromatic heterocycles. The molecule has 0 bridgehead atoms. The summed E-state index contributed by atoms with van der Waals surface area (Å²) in [6.07, 6.45) is 0. The highest BCUT2D eigenvalue weighted by molar-refractivity contribution is 5.83. The number of nitrogens with two attached hydrogens (primary N) is 1. The molecular weight excluding hydrogens is 202 g/mol. The van der Waals surface area contributed by atoms with Crippen LogP contribution < -0.4 is 16.6 Å². The Morgan fingerprint density at radius 1 is 1.44 bits per heavy atom. The van der Waals surface area contributed by atoms with Crippen molar-refractivity contribution in [2.45, 2.75) is 13.0 Å². The van der Waals surface area contributed by atoms with Crippen molar-refractivity contribution in [1.82, 2.24) is 4.98 Å². The van der Waals surface area contributed by atoms with Gasteiger partial charge in [0.25, 0.3) is 5.56 Å². The first-order valence-electron chi connectivity index (χ1n) is 5.28. The molecule has 0 amide bonds. The Hall–Kier alpha value is -1.81. The van der Waals surface area contributed by atoms with Crippen LogP contribution in [0.15, 0.2) is 35.1 Å². The Morgan fingerprint density at radius 3 is 2.94 bits per heavy atom. The minimum absolute atomic E-state index is 0.0509. The number of aromatic nitrogens is 1. The number of benzene rings is 1. The summed E-state index contributed by atoms with van der Waals surface area (Å²) in [5.74, 6) is 0.709. The quantitative estimate of drug-likeness (QED) is 0.725. The fraction of sp³-hybridized carbons (Fsp3) is 0.250. The first kappa shape index (κ1) is 10.7. The molecule has 0 aliphatic heterocycles. The van der Waals surface area contributed by atoms with Crippen molar-refractivity contribution in [2.75, 3.05) is 11.9 Å². The van der Waals surface area contributed by atoms with Crippen LogP contribution in [-0.2, 0) is 0 Å². The third-order valence-corrected chi connectivity index (χ3v) is 2.37. The van der Waals surface area contributed by atoms with E-state index in [0.29, 0.717) is 17.7 Å². The summed E-state index contributed by atoms with van der Waals surface area (Å²) >= 11 is 0. The van der Waals surface area contributed by atoms with Crippen LogP contribution in [0.3, 0.4) is 0 Å². The molecular formula is C12H15N3O. The number of hydrogen-bond acceptors (Lipinski definition) is 3. The molecule has 1 unspecified atom stereocenters. The monoisotopic (exact) mass is 217 g/mol. The molecule has 0 spiro atoms. The van der Waals surface area contributed by atoms with E-state index in [9.17, 15) is 4.79 Å². The molecule has 2 rings (SSSR count). The van der Waals surface area contributed by atoms with Crippen LogP contribution in [0, 0.1) is 0 Å². The van der Waals surface area contributed by atoms with E-state index >= 15 is 0 Å². The molecule has 1 heterocycles. The minimum Gasteiger partial charge on any atom is -0.370 e. The van der Waals surface area contributed by atoms with Crippen LogP contribution in [-0.4, -0.2) is 17.6 Å². The smallest absolute Gasteiger partial charge is 0.257 e. The van der Waals surface area contributed by atoms with Crippen LogP contribution in [0.5, 0.6) is 0 Å². The van der Waals surface area contributed by atoms with Gasteiger partial charge in [0.1, 0.15) is 5.82 Å². The number of nitrogens with one attached hydrogen (secondary N) is 2. The number of anilines is 1. The van der Waals surface area contributed by atoms with Gasteiger partial charge in [-0.3, -0.25) is 4.79 Å². The molecule has 16 heavy (non-hydrogen) atoms. The van der Waals surface area contributed by atoms with Gasteiger partial charge in [-0.2, -0.15) is 0 Å². The zero-order valence-electron chi connectivity index (χ0n) is 9.16. The zero-order chi connectivity index (χ0) is 11.5. The molecule has 4 heteroatoms. The van der Waals surface area contributed by atoms with Crippen molar-refractivity contribution in [1.29, 1.82) is 0 Å². The Labute approximate surface area is 93.5 Å². The first-order valence-corrected chi connectivity index (χ1v) is 5.28. The lowest BCUT2D eigenvalue weighted by Crippen LogP contribution is -2.26. The highest BCUT2D eigenvalue weighted by Crippen LogP contribution is 2.12. The molecule has 1 aromatic carbocycles. The number of hydrogen-bond donors (Lipinski definition) is 3. The topological polar surface area (TPSA) is 70.9 Å². The normalized spacial score (nSPS) is 12.6. The van der Waals surface area contributed by atoms with Crippen LogP contribution in [0.1, 0.15) is 6.92 Å². The SMILES string of the molecule is CC(N)CNc1cc2ccccc2c(=O)[nH]1. The molecule has 0 fully saturated rings. The van der Waals surface area contributed by atoms with Crippen LogP contribution in [0.4, 0.5) is 5.82 Å². The van der Waals surface area contributed by atoms with E-state index in [-0.39, 0.29) is 11.6 Å². The Balaban J connectivity index is 2.38. The standard InChI is InChI=1S/C12H15N3O/c1-8(13)7-14-11-6-9-4-2-3-5-10(9)12(16)15-11/h2-6,8H,7,13H2,1H3,(H2,14,15,16). The summed E-state index contributed by atoms with van der Waals surface area (Å²) < 4.78 is 0. The van der Waals surface area contributed by atoms with Gasteiger partial charge in [-0.05, 0) is 24.4 Å². The summed E-state index contributed by atoms with van der Waals surface area (Å²) in [7, 11) is 0. The number of rotatable bonds is 3. The molecule has 4 nitrogen and oxygen atoms in total. The number of aromatic amines is 1. The van der Waals surface area contributed by atoms with Gasteiger partial charge in [0.2, 0.25) is 0 Å². The molecule has 4 N–H and O–H groups in total. The van der Waals surface area contributed by atoms with Crippen molar-refractivity contribution in [3.05, 3.63) is 40.7 Å². The molecule has 0 aliphatic rings. The number of fused-ring (bicyclic) bond motifs is 1. The molecule has 0 aliphatic carbocycles. The van der Waals surface area contributed by atoms with Crippen molar-refractivity contribution < 1.29 is 0 Å². The fourth-order valence-corrected chi connectivity index (χ4v) is 1.58. The van der Waals surface area contributed by atoms with E-state index in [1.807, 2.05) is 37.3 Å². The largest absolute Gasteiger partial charge is 0.370 e. The van der Waals surface area contributed by atoms with Gasteiger partial charge in [0, 0.05) is 18.0 Å². The van der Waals surface area contributed by atoms with E-state index in [1.54, 1.807) is 0 Å². The lowest BCUT2D eigenvalue weighted by molar-refractivity contribution is 0.777. The van der Waals surface area contributed by atoms with E-state index in [2.05, 4.69) is 10.3 Å². The van der Waals surface area contributed by atoms with Gasteiger partial charge in [-0.25, -0.2) is 0 Å². The Bertz CT molecular complexity index is 545. The number of pyridine rings is 1. The van der Waals surface area contributed by atoms with Gasteiger partial charge in [-0.1, -0.05) is 18.2 Å². The Kier molecular flexibility index (Phi) is 2.92. The fourth-order valence-electron chi connectivity index (χ4n) is 1.58. The summed E-state index contributed by atoms with van der Waals surface area (Å²) in [5, 5.41) is 4.73. The maximum atomic E-state index is 11.7. The lowest BCUT2D eigenvalue weighted by atomic mass is 10.2. The van der Waals surface area contributed by atoms with Gasteiger partial charge < -0.3 is 16.0 Å². The molecule has 0 radical (unpaired) electrons. The van der Waals surface area contributed by atoms with Gasteiger partial charge in [0.15, 0.2) is 0 Å². The molecule has 0 saturated heterocycles. The highest BCUT2D eigenvalue weighted by atomic mass is 16.1. The molecule has 84 valence electrons. The highest BCUT2D eigenvalue weighted by Gasteiger charge is 2.01. The predicted molar refractivity (Wildman–Crippen MR) is 66.7 cm³/mol.